The normalized spacial score (nSPS) is 9.64. The molecule has 110 valence electrons. The average molecular weight is 298 g/mol. The molecule has 0 saturated heterocycles. The number of pyridine rings is 1. The van der Waals surface area contributed by atoms with Gasteiger partial charge in [0.05, 0.1) is 29.2 Å². The van der Waals surface area contributed by atoms with Crippen molar-refractivity contribution >= 4 is 23.2 Å². The number of benzene rings is 1. The first-order chi connectivity index (χ1) is 10.5. The van der Waals surface area contributed by atoms with E-state index in [0.717, 1.165) is 6.07 Å². The van der Waals surface area contributed by atoms with E-state index in [-0.39, 0.29) is 17.1 Å². The number of hydrogen-bond acceptors (Lipinski definition) is 7. The number of nitriles is 1. The van der Waals surface area contributed by atoms with Crippen molar-refractivity contribution in [2.75, 3.05) is 12.4 Å². The fourth-order valence-electron chi connectivity index (χ4n) is 1.68. The van der Waals surface area contributed by atoms with E-state index in [9.17, 15) is 14.9 Å². The lowest BCUT2D eigenvalue weighted by Gasteiger charge is -2.07. The molecule has 2 rings (SSSR count). The smallest absolute Gasteiger partial charge is 0.339 e. The predicted molar refractivity (Wildman–Crippen MR) is 76.7 cm³/mol. The van der Waals surface area contributed by atoms with Crippen molar-refractivity contribution < 1.29 is 14.5 Å². The van der Waals surface area contributed by atoms with Gasteiger partial charge in [-0.15, -0.1) is 0 Å². The SMILES string of the molecule is COC(=O)c1cnc(Nc2ccc(C#N)cc2)c([N+](=O)[O-])c1. The summed E-state index contributed by atoms with van der Waals surface area (Å²) in [5.41, 5.74) is 0.626. The van der Waals surface area contributed by atoms with E-state index >= 15 is 0 Å². The van der Waals surface area contributed by atoms with Gasteiger partial charge in [-0.2, -0.15) is 5.26 Å². The summed E-state index contributed by atoms with van der Waals surface area (Å²) in [7, 11) is 1.18. The van der Waals surface area contributed by atoms with Crippen LogP contribution in [0, 0.1) is 21.4 Å². The number of nitro groups is 1. The van der Waals surface area contributed by atoms with E-state index in [2.05, 4.69) is 15.0 Å². The molecule has 0 spiro atoms. The Morgan fingerprint density at radius 3 is 2.64 bits per heavy atom. The number of methoxy groups -OCH3 is 1. The Balaban J connectivity index is 2.35. The number of esters is 1. The standard InChI is InChI=1S/C14H10N4O4/c1-22-14(19)10-6-12(18(20)21)13(16-8-10)17-11-4-2-9(7-15)3-5-11/h2-6,8H,1H3,(H,16,17). The number of aromatic nitrogens is 1. The minimum Gasteiger partial charge on any atom is -0.465 e. The molecule has 0 fully saturated rings. The lowest BCUT2D eigenvalue weighted by molar-refractivity contribution is -0.384. The molecule has 0 atom stereocenters. The van der Waals surface area contributed by atoms with Gasteiger partial charge in [-0.05, 0) is 24.3 Å². The first-order valence-corrected chi connectivity index (χ1v) is 6.05. The van der Waals surface area contributed by atoms with Gasteiger partial charge in [0.1, 0.15) is 0 Å². The molecule has 0 radical (unpaired) electrons. The Hall–Kier alpha value is -3.47. The monoisotopic (exact) mass is 298 g/mol. The van der Waals surface area contributed by atoms with E-state index in [4.69, 9.17) is 5.26 Å². The van der Waals surface area contributed by atoms with Crippen LogP contribution in [0.15, 0.2) is 36.5 Å². The van der Waals surface area contributed by atoms with E-state index in [0.29, 0.717) is 11.3 Å². The molecule has 0 aliphatic rings. The van der Waals surface area contributed by atoms with Gasteiger partial charge in [0, 0.05) is 18.0 Å². The second-order valence-corrected chi connectivity index (χ2v) is 4.15. The van der Waals surface area contributed by atoms with Crippen LogP contribution in [0.25, 0.3) is 0 Å². The molecule has 1 aromatic carbocycles. The highest BCUT2D eigenvalue weighted by molar-refractivity contribution is 5.90. The lowest BCUT2D eigenvalue weighted by Crippen LogP contribution is -2.06. The van der Waals surface area contributed by atoms with Gasteiger partial charge >= 0.3 is 11.7 Å². The van der Waals surface area contributed by atoms with Crippen LogP contribution < -0.4 is 5.32 Å². The van der Waals surface area contributed by atoms with Gasteiger partial charge in [-0.1, -0.05) is 0 Å². The van der Waals surface area contributed by atoms with E-state index in [1.54, 1.807) is 24.3 Å². The molecular weight excluding hydrogens is 288 g/mol. The summed E-state index contributed by atoms with van der Waals surface area (Å²) in [5.74, 6) is -0.720. The number of hydrogen-bond donors (Lipinski definition) is 1. The summed E-state index contributed by atoms with van der Waals surface area (Å²) in [6.07, 6.45) is 1.19. The van der Waals surface area contributed by atoms with Gasteiger partial charge in [0.2, 0.25) is 5.82 Å². The minimum absolute atomic E-state index is 0.0117. The Morgan fingerprint density at radius 2 is 2.09 bits per heavy atom. The first-order valence-electron chi connectivity index (χ1n) is 6.05. The molecule has 0 saturated carbocycles. The minimum atomic E-state index is -0.708. The molecule has 22 heavy (non-hydrogen) atoms. The molecule has 8 nitrogen and oxygen atoms in total. The van der Waals surface area contributed by atoms with Crippen LogP contribution in [0.2, 0.25) is 0 Å². The maximum absolute atomic E-state index is 11.4. The zero-order valence-corrected chi connectivity index (χ0v) is 11.4. The molecule has 0 amide bonds. The number of carbonyl (C=O) groups is 1. The van der Waals surface area contributed by atoms with Crippen molar-refractivity contribution in [3.63, 3.8) is 0 Å². The van der Waals surface area contributed by atoms with Crippen molar-refractivity contribution in [2.45, 2.75) is 0 Å². The summed E-state index contributed by atoms with van der Waals surface area (Å²) < 4.78 is 4.50. The maximum atomic E-state index is 11.4. The van der Waals surface area contributed by atoms with E-state index in [1.165, 1.54) is 13.3 Å². The van der Waals surface area contributed by atoms with Gasteiger partial charge in [0.15, 0.2) is 0 Å². The molecule has 0 unspecified atom stereocenters. The third kappa shape index (κ3) is 3.16. The Bertz CT molecular complexity index is 765. The van der Waals surface area contributed by atoms with Crippen molar-refractivity contribution in [3.8, 4) is 6.07 Å². The highest BCUT2D eigenvalue weighted by atomic mass is 16.6. The third-order valence-electron chi connectivity index (χ3n) is 2.76. The second-order valence-electron chi connectivity index (χ2n) is 4.15. The van der Waals surface area contributed by atoms with Crippen molar-refractivity contribution in [3.05, 3.63) is 57.8 Å². The number of carbonyl (C=O) groups excluding carboxylic acids is 1. The van der Waals surface area contributed by atoms with Gasteiger partial charge < -0.3 is 10.1 Å². The second kappa shape index (κ2) is 6.32. The highest BCUT2D eigenvalue weighted by Gasteiger charge is 2.19. The third-order valence-corrected chi connectivity index (χ3v) is 2.76. The average Bonchev–Trinajstić information content (AvgIpc) is 2.55. The number of nitrogens with zero attached hydrogens (tertiary/aromatic N) is 3. The highest BCUT2D eigenvalue weighted by Crippen LogP contribution is 2.26. The molecular formula is C14H10N4O4. The maximum Gasteiger partial charge on any atom is 0.339 e. The fourth-order valence-corrected chi connectivity index (χ4v) is 1.68. The summed E-state index contributed by atoms with van der Waals surface area (Å²) in [5, 5.41) is 22.6. The van der Waals surface area contributed by atoms with Crippen LogP contribution in [0.3, 0.4) is 0 Å². The summed E-state index contributed by atoms with van der Waals surface area (Å²) in [6, 6.07) is 9.38. The Morgan fingerprint density at radius 1 is 1.41 bits per heavy atom. The van der Waals surface area contributed by atoms with Crippen molar-refractivity contribution in [2.24, 2.45) is 0 Å². The molecule has 1 N–H and O–H groups in total. The first kappa shape index (κ1) is 14.9. The largest absolute Gasteiger partial charge is 0.465 e. The quantitative estimate of drug-likeness (QED) is 0.523. The number of nitrogens with one attached hydrogen (secondary N) is 1. The fraction of sp³-hybridized carbons (Fsp3) is 0.0714. The molecule has 1 heterocycles. The van der Waals surface area contributed by atoms with Gasteiger partial charge in [-0.3, -0.25) is 10.1 Å². The topological polar surface area (TPSA) is 118 Å². The molecule has 0 aliphatic carbocycles. The summed E-state index contributed by atoms with van der Waals surface area (Å²) in [4.78, 5) is 25.7. The van der Waals surface area contributed by atoms with Crippen molar-refractivity contribution in [1.29, 1.82) is 5.26 Å². The number of anilines is 2. The molecule has 2 aromatic rings. The summed E-state index contributed by atoms with van der Waals surface area (Å²) in [6.45, 7) is 0. The Kier molecular flexibility index (Phi) is 4.29. The summed E-state index contributed by atoms with van der Waals surface area (Å²) >= 11 is 0. The zero-order chi connectivity index (χ0) is 16.1. The number of ether oxygens (including phenoxy) is 1. The number of rotatable bonds is 4. The predicted octanol–water partition coefficient (Wildman–Crippen LogP) is 2.39. The van der Waals surface area contributed by atoms with Crippen LogP contribution in [-0.4, -0.2) is 23.0 Å². The van der Waals surface area contributed by atoms with Crippen LogP contribution >= 0.6 is 0 Å². The Labute approximate surface area is 125 Å². The van der Waals surface area contributed by atoms with Gasteiger partial charge in [0.25, 0.3) is 0 Å². The van der Waals surface area contributed by atoms with E-state index < -0.39 is 10.9 Å². The molecule has 0 aliphatic heterocycles. The van der Waals surface area contributed by atoms with Crippen LogP contribution in [0.5, 0.6) is 0 Å². The van der Waals surface area contributed by atoms with E-state index in [1.807, 2.05) is 6.07 Å². The van der Waals surface area contributed by atoms with Crippen molar-refractivity contribution in [1.82, 2.24) is 4.98 Å². The molecule has 1 aromatic heterocycles. The lowest BCUT2D eigenvalue weighted by atomic mass is 10.2. The van der Waals surface area contributed by atoms with Gasteiger partial charge in [-0.25, -0.2) is 9.78 Å². The zero-order valence-electron chi connectivity index (χ0n) is 11.4. The molecule has 8 heteroatoms. The molecule has 0 bridgehead atoms. The van der Waals surface area contributed by atoms with Crippen LogP contribution in [-0.2, 0) is 4.74 Å². The van der Waals surface area contributed by atoms with Crippen LogP contribution in [0.1, 0.15) is 15.9 Å². The van der Waals surface area contributed by atoms with Crippen LogP contribution in [0.4, 0.5) is 17.2 Å².